The van der Waals surface area contributed by atoms with E-state index < -0.39 is 0 Å². The van der Waals surface area contributed by atoms with Gasteiger partial charge in [0.15, 0.2) is 0 Å². The second-order valence-corrected chi connectivity index (χ2v) is 7.69. The summed E-state index contributed by atoms with van der Waals surface area (Å²) in [6.07, 6.45) is 0. The molecule has 0 amide bonds. The van der Waals surface area contributed by atoms with Gasteiger partial charge < -0.3 is 19.3 Å². The SMILES string of the molecule is CC(=NNc1nc(N2CCOCC2)nc(N2CCOCC2)n1)c1ccc(Br)cc1. The topological polar surface area (TPSA) is 88.0 Å². The Bertz CT molecular complexity index is 814. The molecule has 154 valence electrons. The summed E-state index contributed by atoms with van der Waals surface area (Å²) < 4.78 is 11.9. The van der Waals surface area contributed by atoms with Crippen LogP contribution in [0.3, 0.4) is 0 Å². The molecule has 1 N–H and O–H groups in total. The first-order chi connectivity index (χ1) is 14.2. The van der Waals surface area contributed by atoms with Gasteiger partial charge in [0.2, 0.25) is 17.8 Å². The summed E-state index contributed by atoms with van der Waals surface area (Å²) in [5.74, 6) is 1.71. The average Bonchev–Trinajstić information content (AvgIpc) is 2.79. The van der Waals surface area contributed by atoms with Gasteiger partial charge in [-0.05, 0) is 24.6 Å². The van der Waals surface area contributed by atoms with Crippen LogP contribution in [0.1, 0.15) is 12.5 Å². The molecule has 0 saturated carbocycles. The van der Waals surface area contributed by atoms with Crippen LogP contribution < -0.4 is 15.2 Å². The molecule has 4 rings (SSSR count). The lowest BCUT2D eigenvalue weighted by Crippen LogP contribution is -2.40. The third-order valence-electron chi connectivity index (χ3n) is 4.79. The fourth-order valence-electron chi connectivity index (χ4n) is 3.10. The summed E-state index contributed by atoms with van der Waals surface area (Å²) in [4.78, 5) is 18.1. The number of benzene rings is 1. The van der Waals surface area contributed by atoms with Gasteiger partial charge in [0.05, 0.1) is 32.1 Å². The summed E-state index contributed by atoms with van der Waals surface area (Å²) in [5.41, 5.74) is 4.89. The minimum Gasteiger partial charge on any atom is -0.378 e. The molecule has 2 saturated heterocycles. The normalized spacial score (nSPS) is 18.1. The molecule has 0 unspecified atom stereocenters. The van der Waals surface area contributed by atoms with Crippen molar-refractivity contribution < 1.29 is 9.47 Å². The minimum atomic E-state index is 0.430. The van der Waals surface area contributed by atoms with Gasteiger partial charge in [-0.1, -0.05) is 28.1 Å². The largest absolute Gasteiger partial charge is 0.378 e. The Balaban J connectivity index is 1.58. The van der Waals surface area contributed by atoms with Crippen molar-refractivity contribution in [3.63, 3.8) is 0 Å². The number of halogens is 1. The zero-order valence-electron chi connectivity index (χ0n) is 16.3. The molecule has 2 aliphatic heterocycles. The Morgan fingerprint density at radius 1 is 0.897 bits per heavy atom. The van der Waals surface area contributed by atoms with Crippen molar-refractivity contribution in [2.45, 2.75) is 6.92 Å². The molecule has 2 aliphatic rings. The minimum absolute atomic E-state index is 0.430. The Kier molecular flexibility index (Phi) is 6.53. The molecule has 0 aliphatic carbocycles. The van der Waals surface area contributed by atoms with E-state index in [4.69, 9.17) is 14.5 Å². The smallest absolute Gasteiger partial charge is 0.250 e. The van der Waals surface area contributed by atoms with Gasteiger partial charge in [-0.2, -0.15) is 20.1 Å². The monoisotopic (exact) mass is 461 g/mol. The number of hydrogen-bond donors (Lipinski definition) is 1. The number of hydrazone groups is 1. The number of hydrogen-bond acceptors (Lipinski definition) is 9. The molecule has 0 radical (unpaired) electrons. The first-order valence-electron chi connectivity index (χ1n) is 9.67. The maximum absolute atomic E-state index is 5.45. The third-order valence-corrected chi connectivity index (χ3v) is 5.31. The standard InChI is InChI=1S/C19H24BrN7O2/c1-14(15-2-4-16(20)5-3-15)24-25-17-21-18(26-6-10-28-11-7-26)23-19(22-17)27-8-12-29-13-9-27/h2-5H,6-13H2,1H3,(H,21,22,23,25). The van der Waals surface area contributed by atoms with Crippen LogP contribution in [-0.2, 0) is 9.47 Å². The van der Waals surface area contributed by atoms with Crippen molar-refractivity contribution in [3.8, 4) is 0 Å². The van der Waals surface area contributed by atoms with Gasteiger partial charge in [-0.3, -0.25) is 0 Å². The molecule has 0 spiro atoms. The number of aromatic nitrogens is 3. The molecule has 29 heavy (non-hydrogen) atoms. The van der Waals surface area contributed by atoms with E-state index in [-0.39, 0.29) is 0 Å². The van der Waals surface area contributed by atoms with E-state index in [1.165, 1.54) is 0 Å². The Hall–Kier alpha value is -2.30. The highest BCUT2D eigenvalue weighted by atomic mass is 79.9. The Morgan fingerprint density at radius 3 is 1.93 bits per heavy atom. The van der Waals surface area contributed by atoms with E-state index in [1.807, 2.05) is 31.2 Å². The van der Waals surface area contributed by atoms with Crippen molar-refractivity contribution in [2.75, 3.05) is 67.8 Å². The molecule has 1 aromatic heterocycles. The number of anilines is 3. The zero-order chi connectivity index (χ0) is 20.1. The predicted molar refractivity (Wildman–Crippen MR) is 116 cm³/mol. The van der Waals surface area contributed by atoms with Crippen LogP contribution in [0.25, 0.3) is 0 Å². The van der Waals surface area contributed by atoms with Crippen molar-refractivity contribution in [1.82, 2.24) is 15.0 Å². The fraction of sp³-hybridized carbons (Fsp3) is 0.474. The maximum Gasteiger partial charge on any atom is 0.250 e. The average molecular weight is 462 g/mol. The lowest BCUT2D eigenvalue weighted by molar-refractivity contribution is 0.121. The van der Waals surface area contributed by atoms with Crippen LogP contribution in [0.15, 0.2) is 33.8 Å². The van der Waals surface area contributed by atoms with Crippen LogP contribution >= 0.6 is 15.9 Å². The van der Waals surface area contributed by atoms with E-state index in [1.54, 1.807) is 0 Å². The summed E-state index contributed by atoms with van der Waals surface area (Å²) in [6, 6.07) is 8.00. The lowest BCUT2D eigenvalue weighted by Gasteiger charge is -2.30. The number of nitrogens with zero attached hydrogens (tertiary/aromatic N) is 6. The highest BCUT2D eigenvalue weighted by molar-refractivity contribution is 9.10. The zero-order valence-corrected chi connectivity index (χ0v) is 17.9. The van der Waals surface area contributed by atoms with E-state index in [0.29, 0.717) is 44.3 Å². The second-order valence-electron chi connectivity index (χ2n) is 6.77. The van der Waals surface area contributed by atoms with Gasteiger partial charge >= 0.3 is 0 Å². The molecule has 9 nitrogen and oxygen atoms in total. The first-order valence-corrected chi connectivity index (χ1v) is 10.5. The Labute approximate surface area is 178 Å². The fourth-order valence-corrected chi connectivity index (χ4v) is 3.37. The maximum atomic E-state index is 5.45. The highest BCUT2D eigenvalue weighted by Gasteiger charge is 2.20. The van der Waals surface area contributed by atoms with Crippen molar-refractivity contribution in [2.24, 2.45) is 5.10 Å². The van der Waals surface area contributed by atoms with E-state index in [0.717, 1.165) is 41.9 Å². The van der Waals surface area contributed by atoms with Gasteiger partial charge in [0.1, 0.15) is 0 Å². The summed E-state index contributed by atoms with van der Waals surface area (Å²) >= 11 is 3.45. The van der Waals surface area contributed by atoms with Gasteiger partial charge in [-0.25, -0.2) is 5.43 Å². The van der Waals surface area contributed by atoms with Crippen molar-refractivity contribution in [3.05, 3.63) is 34.3 Å². The quantitative estimate of drug-likeness (QED) is 0.535. The van der Waals surface area contributed by atoms with Crippen LogP contribution in [0.4, 0.5) is 17.8 Å². The summed E-state index contributed by atoms with van der Waals surface area (Å²) in [7, 11) is 0. The molecule has 1 aromatic carbocycles. The highest BCUT2D eigenvalue weighted by Crippen LogP contribution is 2.19. The number of rotatable bonds is 5. The number of morpholine rings is 2. The van der Waals surface area contributed by atoms with E-state index >= 15 is 0 Å². The molecule has 2 fully saturated rings. The molecule has 0 atom stereocenters. The van der Waals surface area contributed by atoms with Crippen molar-refractivity contribution >= 4 is 39.5 Å². The van der Waals surface area contributed by atoms with E-state index in [2.05, 4.69) is 46.2 Å². The molecular formula is C19H24BrN7O2. The predicted octanol–water partition coefficient (Wildman–Crippen LogP) is 2.14. The van der Waals surface area contributed by atoms with Crippen LogP contribution in [0.2, 0.25) is 0 Å². The van der Waals surface area contributed by atoms with Crippen molar-refractivity contribution in [1.29, 1.82) is 0 Å². The van der Waals surface area contributed by atoms with Crippen LogP contribution in [-0.4, -0.2) is 73.3 Å². The molecular weight excluding hydrogens is 438 g/mol. The molecule has 0 bridgehead atoms. The lowest BCUT2D eigenvalue weighted by atomic mass is 10.1. The van der Waals surface area contributed by atoms with Crippen LogP contribution in [0, 0.1) is 0 Å². The first kappa shape index (κ1) is 20.0. The van der Waals surface area contributed by atoms with Crippen LogP contribution in [0.5, 0.6) is 0 Å². The summed E-state index contributed by atoms with van der Waals surface area (Å²) in [5, 5.41) is 4.48. The second kappa shape index (κ2) is 9.47. The molecule has 10 heteroatoms. The van der Waals surface area contributed by atoms with Gasteiger partial charge in [-0.15, -0.1) is 0 Å². The molecule has 3 heterocycles. The van der Waals surface area contributed by atoms with Gasteiger partial charge in [0, 0.05) is 30.7 Å². The molecule has 2 aromatic rings. The van der Waals surface area contributed by atoms with Gasteiger partial charge in [0.25, 0.3) is 0 Å². The van der Waals surface area contributed by atoms with E-state index in [9.17, 15) is 0 Å². The number of nitrogens with one attached hydrogen (secondary N) is 1. The number of ether oxygens (including phenoxy) is 2. The summed E-state index contributed by atoms with van der Waals surface area (Å²) in [6.45, 7) is 7.65. The third kappa shape index (κ3) is 5.20. The Morgan fingerprint density at radius 2 is 1.41 bits per heavy atom.